The number of aromatic nitrogens is 4. The number of halogens is 2. The topological polar surface area (TPSA) is 91.1 Å². The van der Waals surface area contributed by atoms with Crippen LogP contribution in [0, 0.1) is 18.2 Å². The predicted octanol–water partition coefficient (Wildman–Crippen LogP) is 4.82. The van der Waals surface area contributed by atoms with E-state index in [9.17, 15) is 9.50 Å². The zero-order valence-corrected chi connectivity index (χ0v) is 25.2. The quantitative estimate of drug-likeness (QED) is 0.270. The van der Waals surface area contributed by atoms with Crippen LogP contribution in [0.25, 0.3) is 38.6 Å². The molecule has 0 spiro atoms. The highest BCUT2D eigenvalue weighted by atomic mass is 19.1. The number of piperazine rings is 1. The van der Waals surface area contributed by atoms with Gasteiger partial charge in [-0.3, -0.25) is 9.30 Å². The van der Waals surface area contributed by atoms with Crippen LogP contribution >= 0.6 is 0 Å². The van der Waals surface area contributed by atoms with Crippen LogP contribution in [0.2, 0.25) is 0 Å². The normalized spacial score (nSPS) is 25.9. The average Bonchev–Trinajstić information content (AvgIpc) is 3.82. The third-order valence-corrected chi connectivity index (χ3v) is 10.5. The fourth-order valence-electron chi connectivity index (χ4n) is 8.53. The van der Waals surface area contributed by atoms with Crippen molar-refractivity contribution in [3.8, 4) is 35.2 Å². The Morgan fingerprint density at radius 3 is 2.78 bits per heavy atom. The number of phenolic OH excluding ortho intramolecular Hbond substituents is 1. The number of benzene rings is 2. The molecule has 4 aliphatic rings. The van der Waals surface area contributed by atoms with Crippen molar-refractivity contribution >= 4 is 33.3 Å². The molecule has 0 saturated carbocycles. The van der Waals surface area contributed by atoms with Crippen molar-refractivity contribution in [1.82, 2.24) is 29.6 Å². The summed E-state index contributed by atoms with van der Waals surface area (Å²) in [4.78, 5) is 19.2. The molecule has 234 valence electrons. The van der Waals surface area contributed by atoms with E-state index < -0.39 is 12.0 Å². The molecule has 0 unspecified atom stereocenters. The van der Waals surface area contributed by atoms with Gasteiger partial charge in [0, 0.05) is 61.5 Å². The third-order valence-electron chi connectivity index (χ3n) is 10.5. The fourth-order valence-corrected chi connectivity index (χ4v) is 8.53. The Morgan fingerprint density at radius 2 is 1.96 bits per heavy atom. The van der Waals surface area contributed by atoms with Gasteiger partial charge in [-0.05, 0) is 67.4 Å². The van der Waals surface area contributed by atoms with Gasteiger partial charge in [-0.1, -0.05) is 12.0 Å². The lowest BCUT2D eigenvalue weighted by molar-refractivity contribution is 0.107. The summed E-state index contributed by atoms with van der Waals surface area (Å²) in [5.74, 6) is 2.77. The first-order valence-corrected chi connectivity index (χ1v) is 16.0. The molecule has 7 heterocycles. The maximum absolute atomic E-state index is 15.0. The smallest absolute Gasteiger partial charge is 0.319 e. The van der Waals surface area contributed by atoms with Crippen LogP contribution in [0.1, 0.15) is 37.7 Å². The van der Waals surface area contributed by atoms with Crippen LogP contribution in [0.4, 0.5) is 14.6 Å². The number of imidazole rings is 1. The summed E-state index contributed by atoms with van der Waals surface area (Å²) in [6.07, 6.45) is 13.1. The molecule has 9 rings (SSSR count). The molecule has 2 N–H and O–H groups in total. The standard InChI is InChI=1S/C35H33F2N7O2/c1-2-25-28(37)7-4-20-12-24(45)13-26(30(20)25)27-14-29-31(44-11-9-38-32(27)44)33(42-17-22-5-6-23(18-42)39-22)41-34(40-29)46-19-35-8-3-10-43(35)16-21(36)15-35/h1,4,7,9,11-14,21-23,39,45H,3,5-6,8,10,15-19H2/t21-,22-,23+,35+/m1/s1. The van der Waals surface area contributed by atoms with E-state index >= 15 is 4.39 Å². The Kier molecular flexibility index (Phi) is 6.18. The van der Waals surface area contributed by atoms with Crippen LogP contribution in [0.3, 0.4) is 0 Å². The largest absolute Gasteiger partial charge is 0.508 e. The lowest BCUT2D eigenvalue weighted by Gasteiger charge is -2.34. The zero-order valence-electron chi connectivity index (χ0n) is 25.2. The van der Waals surface area contributed by atoms with Gasteiger partial charge in [0.2, 0.25) is 0 Å². The van der Waals surface area contributed by atoms with Gasteiger partial charge < -0.3 is 20.1 Å². The molecular formula is C35H33F2N7O2. The molecule has 4 saturated heterocycles. The Labute approximate surface area is 264 Å². The van der Waals surface area contributed by atoms with E-state index in [2.05, 4.69) is 21.0 Å². The SMILES string of the molecule is C#Cc1c(F)ccc2cc(O)cc(-c3cc4nc(OC[C@@]56CCCN5C[C@H](F)C6)nc(N5C[C@H]6CC[C@@H](C5)N6)c4n4ccnc34)c12. The predicted molar refractivity (Wildman–Crippen MR) is 171 cm³/mol. The van der Waals surface area contributed by atoms with E-state index in [1.165, 1.54) is 6.07 Å². The van der Waals surface area contributed by atoms with Crippen LogP contribution in [-0.4, -0.2) is 85.9 Å². The van der Waals surface area contributed by atoms with Crippen molar-refractivity contribution in [3.05, 3.63) is 54.1 Å². The number of hydrogen-bond acceptors (Lipinski definition) is 8. The van der Waals surface area contributed by atoms with Gasteiger partial charge in [0.15, 0.2) is 5.82 Å². The average molecular weight is 622 g/mol. The molecule has 46 heavy (non-hydrogen) atoms. The van der Waals surface area contributed by atoms with Crippen molar-refractivity contribution in [2.45, 2.75) is 55.9 Å². The van der Waals surface area contributed by atoms with E-state index in [1.54, 1.807) is 24.4 Å². The number of nitrogens with zero attached hydrogens (tertiary/aromatic N) is 6. The minimum absolute atomic E-state index is 0.0219. The van der Waals surface area contributed by atoms with Gasteiger partial charge in [-0.2, -0.15) is 9.97 Å². The monoisotopic (exact) mass is 621 g/mol. The molecule has 5 aromatic rings. The maximum atomic E-state index is 15.0. The minimum atomic E-state index is -0.861. The summed E-state index contributed by atoms with van der Waals surface area (Å²) >= 11 is 0. The Morgan fingerprint density at radius 1 is 1.11 bits per heavy atom. The molecule has 0 radical (unpaired) electrons. The zero-order chi connectivity index (χ0) is 31.2. The molecule has 0 amide bonds. The number of ether oxygens (including phenoxy) is 1. The summed E-state index contributed by atoms with van der Waals surface area (Å²) in [6, 6.07) is 8.96. The Bertz CT molecular complexity index is 2080. The number of alkyl halides is 1. The molecule has 0 aliphatic carbocycles. The molecule has 4 fully saturated rings. The highest BCUT2D eigenvalue weighted by molar-refractivity contribution is 6.06. The molecule has 9 nitrogen and oxygen atoms in total. The van der Waals surface area contributed by atoms with Crippen LogP contribution in [0.15, 0.2) is 42.7 Å². The van der Waals surface area contributed by atoms with Crippen LogP contribution < -0.4 is 15.0 Å². The van der Waals surface area contributed by atoms with Crippen molar-refractivity contribution < 1.29 is 18.6 Å². The second kappa shape index (κ2) is 10.2. The molecule has 11 heteroatoms. The number of phenols is 1. The second-order valence-corrected chi connectivity index (χ2v) is 13.3. The highest BCUT2D eigenvalue weighted by Crippen LogP contribution is 2.42. The van der Waals surface area contributed by atoms with Gasteiger partial charge in [-0.25, -0.2) is 13.8 Å². The Hall–Kier alpha value is -4.53. The van der Waals surface area contributed by atoms with Gasteiger partial charge in [0.25, 0.3) is 0 Å². The van der Waals surface area contributed by atoms with E-state index in [0.29, 0.717) is 64.7 Å². The molecule has 4 aliphatic heterocycles. The molecular weight excluding hydrogens is 588 g/mol. The molecule has 2 bridgehead atoms. The lowest BCUT2D eigenvalue weighted by Crippen LogP contribution is -2.51. The number of rotatable bonds is 5. The number of terminal acetylenes is 1. The number of pyridine rings is 1. The van der Waals surface area contributed by atoms with Crippen molar-refractivity contribution in [2.24, 2.45) is 0 Å². The van der Waals surface area contributed by atoms with Crippen LogP contribution in [0.5, 0.6) is 11.8 Å². The second-order valence-electron chi connectivity index (χ2n) is 13.3. The van der Waals surface area contributed by atoms with Crippen molar-refractivity contribution in [1.29, 1.82) is 0 Å². The molecule has 4 atom stereocenters. The maximum Gasteiger partial charge on any atom is 0.319 e. The summed E-state index contributed by atoms with van der Waals surface area (Å²) in [7, 11) is 0. The number of hydrogen-bond donors (Lipinski definition) is 2. The van der Waals surface area contributed by atoms with E-state index in [0.717, 1.165) is 56.7 Å². The highest BCUT2D eigenvalue weighted by Gasteiger charge is 2.49. The summed E-state index contributed by atoms with van der Waals surface area (Å²) in [5, 5.41) is 15.6. The first-order chi connectivity index (χ1) is 22.4. The minimum Gasteiger partial charge on any atom is -0.508 e. The van der Waals surface area contributed by atoms with Gasteiger partial charge in [-0.15, -0.1) is 6.42 Å². The Balaban J connectivity index is 1.25. The molecule has 3 aromatic heterocycles. The lowest BCUT2D eigenvalue weighted by atomic mass is 9.94. The summed E-state index contributed by atoms with van der Waals surface area (Å²) in [5.41, 5.74) is 2.94. The third kappa shape index (κ3) is 4.23. The first-order valence-electron chi connectivity index (χ1n) is 16.0. The van der Waals surface area contributed by atoms with E-state index in [-0.39, 0.29) is 22.9 Å². The van der Waals surface area contributed by atoms with Gasteiger partial charge in [0.1, 0.15) is 35.5 Å². The van der Waals surface area contributed by atoms with Crippen molar-refractivity contribution in [3.63, 3.8) is 0 Å². The first kappa shape index (κ1) is 27.8. The number of fused-ring (bicyclic) bond motifs is 7. The molecule has 2 aromatic carbocycles. The number of aromatic hydroxyl groups is 1. The van der Waals surface area contributed by atoms with Crippen LogP contribution in [-0.2, 0) is 0 Å². The van der Waals surface area contributed by atoms with Gasteiger partial charge in [0.05, 0.1) is 16.6 Å². The number of anilines is 1. The van der Waals surface area contributed by atoms with E-state index in [4.69, 9.17) is 26.1 Å². The van der Waals surface area contributed by atoms with Crippen molar-refractivity contribution in [2.75, 3.05) is 37.7 Å². The summed E-state index contributed by atoms with van der Waals surface area (Å²) < 4.78 is 38.0. The van der Waals surface area contributed by atoms with Gasteiger partial charge >= 0.3 is 6.01 Å². The van der Waals surface area contributed by atoms with E-state index in [1.807, 2.05) is 16.7 Å². The fraction of sp³-hybridized carbons (Fsp3) is 0.400. The summed E-state index contributed by atoms with van der Waals surface area (Å²) in [6.45, 7) is 3.22. The number of nitrogens with one attached hydrogen (secondary N) is 1.